The van der Waals surface area contributed by atoms with Crippen molar-refractivity contribution in [1.29, 1.82) is 0 Å². The quantitative estimate of drug-likeness (QED) is 0.569. The lowest BCUT2D eigenvalue weighted by molar-refractivity contribution is 0.687. The number of hydrogen-bond acceptors (Lipinski definition) is 1. The maximum atomic E-state index is 5.76. The Labute approximate surface area is 56.9 Å². The Balaban J connectivity index is 2.24. The molecule has 1 fully saturated rings. The first-order chi connectivity index (χ1) is 4.31. The Morgan fingerprint density at radius 2 is 2.22 bits per heavy atom. The zero-order valence-corrected chi connectivity index (χ0v) is 6.01. The zero-order valence-electron chi connectivity index (χ0n) is 6.01. The van der Waals surface area contributed by atoms with E-state index >= 15 is 0 Å². The van der Waals surface area contributed by atoms with Crippen LogP contribution in [0.15, 0.2) is 12.7 Å². The molecule has 1 saturated carbocycles. The van der Waals surface area contributed by atoms with Gasteiger partial charge in [0.15, 0.2) is 0 Å². The molecular formula is C8H15N. The largest absolute Gasteiger partial charge is 0.327 e. The molecule has 52 valence electrons. The number of rotatable bonds is 3. The van der Waals surface area contributed by atoms with E-state index in [-0.39, 0.29) is 0 Å². The molecule has 1 rings (SSSR count). The van der Waals surface area contributed by atoms with E-state index in [1.165, 1.54) is 6.42 Å². The smallest absolute Gasteiger partial charge is 0.0105 e. The third-order valence-electron chi connectivity index (χ3n) is 2.31. The van der Waals surface area contributed by atoms with E-state index in [9.17, 15) is 0 Å². The minimum atomic E-state index is 0.480. The summed E-state index contributed by atoms with van der Waals surface area (Å²) in [6, 6.07) is 0.480. The second-order valence-electron chi connectivity index (χ2n) is 2.84. The highest BCUT2D eigenvalue weighted by Crippen LogP contribution is 2.42. The molecule has 9 heavy (non-hydrogen) atoms. The van der Waals surface area contributed by atoms with Crippen LogP contribution in [0, 0.1) is 11.8 Å². The number of nitrogens with two attached hydrogens (primary N) is 1. The highest BCUT2D eigenvalue weighted by Gasteiger charge is 2.44. The molecule has 2 N–H and O–H groups in total. The van der Waals surface area contributed by atoms with Gasteiger partial charge in [0.2, 0.25) is 0 Å². The van der Waals surface area contributed by atoms with Crippen LogP contribution in [0.3, 0.4) is 0 Å². The highest BCUT2D eigenvalue weighted by atomic mass is 14.8. The minimum Gasteiger partial charge on any atom is -0.327 e. The van der Waals surface area contributed by atoms with Crippen molar-refractivity contribution >= 4 is 0 Å². The van der Waals surface area contributed by atoms with E-state index in [1.54, 1.807) is 0 Å². The molecule has 1 aliphatic rings. The molecule has 0 aliphatic heterocycles. The van der Waals surface area contributed by atoms with E-state index in [1.807, 2.05) is 6.08 Å². The van der Waals surface area contributed by atoms with Crippen LogP contribution in [0.4, 0.5) is 0 Å². The molecule has 1 heteroatoms. The van der Waals surface area contributed by atoms with Gasteiger partial charge in [-0.3, -0.25) is 0 Å². The summed E-state index contributed by atoms with van der Waals surface area (Å²) in [4.78, 5) is 0. The SMILES string of the molecule is C=CCC1C(N)C1CC. The van der Waals surface area contributed by atoms with Gasteiger partial charge in [-0.25, -0.2) is 0 Å². The Bertz CT molecular complexity index is 109. The Kier molecular flexibility index (Phi) is 1.91. The maximum absolute atomic E-state index is 5.76. The van der Waals surface area contributed by atoms with Gasteiger partial charge in [0, 0.05) is 6.04 Å². The maximum Gasteiger partial charge on any atom is 0.0105 e. The van der Waals surface area contributed by atoms with Crippen molar-refractivity contribution in [3.8, 4) is 0 Å². The molecule has 0 aromatic heterocycles. The first-order valence-corrected chi connectivity index (χ1v) is 3.67. The lowest BCUT2D eigenvalue weighted by Crippen LogP contribution is -2.02. The van der Waals surface area contributed by atoms with Crippen LogP contribution in [0.25, 0.3) is 0 Å². The van der Waals surface area contributed by atoms with Gasteiger partial charge in [-0.05, 0) is 18.3 Å². The summed E-state index contributed by atoms with van der Waals surface area (Å²) in [7, 11) is 0. The molecule has 1 nitrogen and oxygen atoms in total. The van der Waals surface area contributed by atoms with E-state index in [4.69, 9.17) is 5.73 Å². The van der Waals surface area contributed by atoms with Crippen molar-refractivity contribution in [2.45, 2.75) is 25.8 Å². The molecule has 0 amide bonds. The van der Waals surface area contributed by atoms with Gasteiger partial charge in [-0.2, -0.15) is 0 Å². The fourth-order valence-corrected chi connectivity index (χ4v) is 1.57. The van der Waals surface area contributed by atoms with Crippen LogP contribution in [0.2, 0.25) is 0 Å². The summed E-state index contributed by atoms with van der Waals surface area (Å²) < 4.78 is 0. The average Bonchev–Trinajstić information content (AvgIpc) is 2.44. The third kappa shape index (κ3) is 1.16. The van der Waals surface area contributed by atoms with Gasteiger partial charge in [-0.15, -0.1) is 6.58 Å². The molecule has 0 heterocycles. The summed E-state index contributed by atoms with van der Waals surface area (Å²) in [5, 5.41) is 0. The van der Waals surface area contributed by atoms with Crippen molar-refractivity contribution < 1.29 is 0 Å². The van der Waals surface area contributed by atoms with Crippen molar-refractivity contribution in [2.75, 3.05) is 0 Å². The van der Waals surface area contributed by atoms with Crippen molar-refractivity contribution in [3.05, 3.63) is 12.7 Å². The molecule has 0 spiro atoms. The minimum absolute atomic E-state index is 0.480. The fraction of sp³-hybridized carbons (Fsp3) is 0.750. The molecule has 0 aromatic carbocycles. The molecule has 1 aliphatic carbocycles. The van der Waals surface area contributed by atoms with Gasteiger partial charge in [0.05, 0.1) is 0 Å². The highest BCUT2D eigenvalue weighted by molar-refractivity contribution is 5.02. The van der Waals surface area contributed by atoms with Crippen LogP contribution in [0.1, 0.15) is 19.8 Å². The number of hydrogen-bond donors (Lipinski definition) is 1. The predicted molar refractivity (Wildman–Crippen MR) is 40.1 cm³/mol. The van der Waals surface area contributed by atoms with Gasteiger partial charge >= 0.3 is 0 Å². The summed E-state index contributed by atoms with van der Waals surface area (Å²) in [5.41, 5.74) is 5.76. The van der Waals surface area contributed by atoms with Gasteiger partial charge < -0.3 is 5.73 Å². The molecule has 0 aromatic rings. The van der Waals surface area contributed by atoms with Crippen molar-refractivity contribution in [1.82, 2.24) is 0 Å². The lowest BCUT2D eigenvalue weighted by atomic mass is 10.2. The van der Waals surface area contributed by atoms with Crippen molar-refractivity contribution in [2.24, 2.45) is 17.6 Å². The molecule has 3 unspecified atom stereocenters. The summed E-state index contributed by atoms with van der Waals surface area (Å²) in [5.74, 6) is 1.55. The van der Waals surface area contributed by atoms with E-state index in [0.717, 1.165) is 18.3 Å². The van der Waals surface area contributed by atoms with Gasteiger partial charge in [0.1, 0.15) is 0 Å². The Morgan fingerprint density at radius 3 is 2.56 bits per heavy atom. The monoisotopic (exact) mass is 125 g/mol. The zero-order chi connectivity index (χ0) is 6.85. The Hall–Kier alpha value is -0.300. The van der Waals surface area contributed by atoms with E-state index < -0.39 is 0 Å². The molecule has 0 bridgehead atoms. The van der Waals surface area contributed by atoms with Crippen LogP contribution in [-0.2, 0) is 0 Å². The van der Waals surface area contributed by atoms with Crippen molar-refractivity contribution in [3.63, 3.8) is 0 Å². The molecule has 0 radical (unpaired) electrons. The van der Waals surface area contributed by atoms with E-state index in [2.05, 4.69) is 13.5 Å². The fourth-order valence-electron chi connectivity index (χ4n) is 1.57. The third-order valence-corrected chi connectivity index (χ3v) is 2.31. The molecular weight excluding hydrogens is 110 g/mol. The van der Waals surface area contributed by atoms with Crippen LogP contribution in [0.5, 0.6) is 0 Å². The first-order valence-electron chi connectivity index (χ1n) is 3.67. The van der Waals surface area contributed by atoms with Gasteiger partial charge in [-0.1, -0.05) is 19.4 Å². The second-order valence-corrected chi connectivity index (χ2v) is 2.84. The average molecular weight is 125 g/mol. The summed E-state index contributed by atoms with van der Waals surface area (Å²) in [6.07, 6.45) is 4.32. The standard InChI is InChI=1S/C8H15N/c1-3-5-7-6(4-2)8(7)9/h3,6-8H,1,4-5,9H2,2H3. The van der Waals surface area contributed by atoms with Crippen LogP contribution < -0.4 is 5.73 Å². The summed E-state index contributed by atoms with van der Waals surface area (Å²) >= 11 is 0. The number of allylic oxidation sites excluding steroid dienone is 1. The first kappa shape index (κ1) is 6.81. The molecule has 3 atom stereocenters. The van der Waals surface area contributed by atoms with Crippen LogP contribution in [-0.4, -0.2) is 6.04 Å². The Morgan fingerprint density at radius 1 is 1.56 bits per heavy atom. The van der Waals surface area contributed by atoms with Crippen LogP contribution >= 0.6 is 0 Å². The lowest BCUT2D eigenvalue weighted by Gasteiger charge is -1.86. The summed E-state index contributed by atoms with van der Waals surface area (Å²) in [6.45, 7) is 5.89. The second kappa shape index (κ2) is 2.53. The van der Waals surface area contributed by atoms with Gasteiger partial charge in [0.25, 0.3) is 0 Å². The normalized spacial score (nSPS) is 40.4. The topological polar surface area (TPSA) is 26.0 Å². The molecule has 0 saturated heterocycles. The predicted octanol–water partition coefficient (Wildman–Crippen LogP) is 1.55. The van der Waals surface area contributed by atoms with E-state index in [0.29, 0.717) is 6.04 Å².